The molecule has 1 heterocycles. The molecule has 0 radical (unpaired) electrons. The van der Waals surface area contributed by atoms with Crippen molar-refractivity contribution in [3.05, 3.63) is 29.8 Å². The summed E-state index contributed by atoms with van der Waals surface area (Å²) >= 11 is 1.84. The van der Waals surface area contributed by atoms with Crippen LogP contribution in [0, 0.1) is 0 Å². The Balaban J connectivity index is 1.36. The normalized spacial score (nSPS) is 13.7. The Kier molecular flexibility index (Phi) is 19.0. The number of carbonyl (C=O) groups excluding carboxylic acids is 1. The Morgan fingerprint density at radius 1 is 0.821 bits per heavy atom. The molecule has 1 aliphatic rings. The smallest absolute Gasteiger partial charge is 0.162 e. The van der Waals surface area contributed by atoms with Gasteiger partial charge in [0.15, 0.2) is 5.78 Å². The van der Waals surface area contributed by atoms with Gasteiger partial charge in [-0.15, -0.1) is 11.8 Å². The van der Waals surface area contributed by atoms with Gasteiger partial charge in [-0.2, -0.15) is 0 Å². The van der Waals surface area contributed by atoms with Crippen LogP contribution in [-0.4, -0.2) is 138 Å². The summed E-state index contributed by atoms with van der Waals surface area (Å²) < 4.78 is 5.03. The standard InChI is InChI=1S/C31H57N5O2S/c1-33(18-5-6-19-34(2)21-9-22-35(3)23-10-24-36-25-26-36)20-8-16-32-17-28-39-30-14-12-29(13-15-30)31(37)11-7-27-38-4/h12-15,32H,5-11,16-28H2,1-4H3. The number of rotatable bonds is 26. The molecule has 0 amide bonds. The molecule has 0 atom stereocenters. The number of nitrogens with zero attached hydrogens (tertiary/aromatic N) is 4. The van der Waals surface area contributed by atoms with Crippen LogP contribution in [0.25, 0.3) is 0 Å². The van der Waals surface area contributed by atoms with Crippen molar-refractivity contribution in [3.63, 3.8) is 0 Å². The first-order chi connectivity index (χ1) is 19.0. The molecule has 0 aromatic heterocycles. The van der Waals surface area contributed by atoms with Gasteiger partial charge in [-0.1, -0.05) is 12.1 Å². The first-order valence-electron chi connectivity index (χ1n) is 15.2. The predicted octanol–water partition coefficient (Wildman–Crippen LogP) is 4.04. The third-order valence-corrected chi connectivity index (χ3v) is 8.35. The molecule has 0 bridgehead atoms. The molecule has 2 rings (SSSR count). The molecule has 0 unspecified atom stereocenters. The zero-order valence-electron chi connectivity index (χ0n) is 25.5. The fourth-order valence-electron chi connectivity index (χ4n) is 4.67. The van der Waals surface area contributed by atoms with Gasteiger partial charge in [0.25, 0.3) is 0 Å². The lowest BCUT2D eigenvalue weighted by molar-refractivity contribution is 0.0963. The fourth-order valence-corrected chi connectivity index (χ4v) is 5.48. The highest BCUT2D eigenvalue weighted by atomic mass is 32.2. The number of benzene rings is 1. The van der Waals surface area contributed by atoms with Crippen LogP contribution in [0.5, 0.6) is 0 Å². The van der Waals surface area contributed by atoms with Crippen LogP contribution >= 0.6 is 11.8 Å². The highest BCUT2D eigenvalue weighted by Crippen LogP contribution is 2.18. The molecule has 0 saturated carbocycles. The van der Waals surface area contributed by atoms with Crippen LogP contribution in [0.1, 0.15) is 55.3 Å². The van der Waals surface area contributed by atoms with Gasteiger partial charge in [-0.25, -0.2) is 0 Å². The Labute approximate surface area is 244 Å². The van der Waals surface area contributed by atoms with E-state index in [-0.39, 0.29) is 5.78 Å². The molecule has 1 saturated heterocycles. The van der Waals surface area contributed by atoms with Gasteiger partial charge in [0.2, 0.25) is 0 Å². The van der Waals surface area contributed by atoms with E-state index in [1.165, 1.54) is 89.4 Å². The predicted molar refractivity (Wildman–Crippen MR) is 167 cm³/mol. The molecule has 1 aromatic carbocycles. The van der Waals surface area contributed by atoms with Crippen LogP contribution < -0.4 is 5.32 Å². The van der Waals surface area contributed by atoms with Gasteiger partial charge >= 0.3 is 0 Å². The number of hydrogen-bond acceptors (Lipinski definition) is 8. The van der Waals surface area contributed by atoms with E-state index in [9.17, 15) is 4.79 Å². The summed E-state index contributed by atoms with van der Waals surface area (Å²) in [6, 6.07) is 8.04. The third-order valence-electron chi connectivity index (χ3n) is 7.33. The van der Waals surface area contributed by atoms with Gasteiger partial charge in [0.05, 0.1) is 0 Å². The Morgan fingerprint density at radius 3 is 2.03 bits per heavy atom. The van der Waals surface area contributed by atoms with Crippen molar-refractivity contribution >= 4 is 17.5 Å². The van der Waals surface area contributed by atoms with Gasteiger partial charge < -0.3 is 29.7 Å². The lowest BCUT2D eigenvalue weighted by atomic mass is 10.1. The first-order valence-corrected chi connectivity index (χ1v) is 16.2. The van der Waals surface area contributed by atoms with Crippen molar-refractivity contribution < 1.29 is 9.53 Å². The van der Waals surface area contributed by atoms with E-state index in [2.05, 4.69) is 58.2 Å². The zero-order valence-corrected chi connectivity index (χ0v) is 26.3. The van der Waals surface area contributed by atoms with Crippen LogP contribution in [0.3, 0.4) is 0 Å². The molecule has 8 heteroatoms. The first kappa shape index (κ1) is 34.2. The van der Waals surface area contributed by atoms with Gasteiger partial charge in [-0.3, -0.25) is 4.79 Å². The zero-order chi connectivity index (χ0) is 28.1. The van der Waals surface area contributed by atoms with Crippen molar-refractivity contribution in [1.82, 2.24) is 24.9 Å². The molecule has 0 spiro atoms. The molecule has 1 aliphatic heterocycles. The van der Waals surface area contributed by atoms with Crippen LogP contribution in [0.4, 0.5) is 0 Å². The molecule has 0 aliphatic carbocycles. The topological polar surface area (TPSA) is 51.1 Å². The fraction of sp³-hybridized carbons (Fsp3) is 0.774. The molecule has 224 valence electrons. The molecule has 1 fully saturated rings. The summed E-state index contributed by atoms with van der Waals surface area (Å²) in [5, 5.41) is 3.57. The minimum Gasteiger partial charge on any atom is -0.385 e. The number of unbranched alkanes of at least 4 members (excludes halogenated alkanes) is 1. The number of ketones is 1. The van der Waals surface area contributed by atoms with E-state index in [0.717, 1.165) is 37.4 Å². The lowest BCUT2D eigenvalue weighted by Crippen LogP contribution is -2.28. The monoisotopic (exact) mass is 563 g/mol. The van der Waals surface area contributed by atoms with E-state index in [0.29, 0.717) is 13.0 Å². The van der Waals surface area contributed by atoms with Crippen LogP contribution in [-0.2, 0) is 4.74 Å². The average molecular weight is 564 g/mol. The second kappa shape index (κ2) is 21.7. The largest absolute Gasteiger partial charge is 0.385 e. The molecule has 1 N–H and O–H groups in total. The maximum Gasteiger partial charge on any atom is 0.162 e. The number of Topliss-reactive ketones (excluding diaryl/α,β-unsaturated/α-hetero) is 1. The highest BCUT2D eigenvalue weighted by Gasteiger charge is 2.15. The molecule has 1 aromatic rings. The van der Waals surface area contributed by atoms with E-state index in [4.69, 9.17) is 4.74 Å². The maximum atomic E-state index is 12.2. The molecule has 39 heavy (non-hydrogen) atoms. The van der Waals surface area contributed by atoms with Crippen molar-refractivity contribution in [3.8, 4) is 0 Å². The number of thioether (sulfide) groups is 1. The number of methoxy groups -OCH3 is 1. The summed E-state index contributed by atoms with van der Waals surface area (Å²) in [4.78, 5) is 23.4. The summed E-state index contributed by atoms with van der Waals surface area (Å²) in [5.74, 6) is 1.24. The summed E-state index contributed by atoms with van der Waals surface area (Å²) in [6.45, 7) is 13.8. The quantitative estimate of drug-likeness (QED) is 0.0785. The molecule has 7 nitrogen and oxygen atoms in total. The summed E-state index contributed by atoms with van der Waals surface area (Å²) in [5.41, 5.74) is 0.802. The molecular weight excluding hydrogens is 506 g/mol. The van der Waals surface area contributed by atoms with E-state index in [1.54, 1.807) is 7.11 Å². The second-order valence-electron chi connectivity index (χ2n) is 11.2. The number of carbonyl (C=O) groups is 1. The van der Waals surface area contributed by atoms with E-state index in [1.807, 2.05) is 23.9 Å². The second-order valence-corrected chi connectivity index (χ2v) is 12.3. The molecular formula is C31H57N5O2S. The van der Waals surface area contributed by atoms with Crippen molar-refractivity contribution in [2.75, 3.05) is 113 Å². The minimum atomic E-state index is 0.199. The number of hydrogen-bond donors (Lipinski definition) is 1. The summed E-state index contributed by atoms with van der Waals surface area (Å²) in [6.07, 6.45) is 7.66. The number of nitrogens with one attached hydrogen (secondary N) is 1. The third kappa shape index (κ3) is 18.1. The van der Waals surface area contributed by atoms with Crippen molar-refractivity contribution in [1.29, 1.82) is 0 Å². The van der Waals surface area contributed by atoms with Gasteiger partial charge in [0.1, 0.15) is 0 Å². The van der Waals surface area contributed by atoms with Crippen molar-refractivity contribution in [2.24, 2.45) is 0 Å². The maximum absolute atomic E-state index is 12.2. The van der Waals surface area contributed by atoms with Crippen molar-refractivity contribution in [2.45, 2.75) is 49.8 Å². The van der Waals surface area contributed by atoms with Crippen LogP contribution in [0.2, 0.25) is 0 Å². The van der Waals surface area contributed by atoms with Gasteiger partial charge in [-0.05, 0) is 124 Å². The Hall–Kier alpha value is -1.00. The van der Waals surface area contributed by atoms with E-state index >= 15 is 0 Å². The Bertz CT molecular complexity index is 747. The average Bonchev–Trinajstić information content (AvgIpc) is 3.75. The van der Waals surface area contributed by atoms with Gasteiger partial charge in [0, 0.05) is 56.0 Å². The minimum absolute atomic E-state index is 0.199. The van der Waals surface area contributed by atoms with E-state index < -0.39 is 0 Å². The summed E-state index contributed by atoms with van der Waals surface area (Å²) in [7, 11) is 8.46. The lowest BCUT2D eigenvalue weighted by Gasteiger charge is -2.21. The Morgan fingerprint density at radius 2 is 1.41 bits per heavy atom. The number of ether oxygens (including phenoxy) is 1. The van der Waals surface area contributed by atoms with Crippen LogP contribution in [0.15, 0.2) is 29.2 Å². The highest BCUT2D eigenvalue weighted by molar-refractivity contribution is 7.99. The SMILES string of the molecule is COCCCC(=O)c1ccc(SCCNCCCN(C)CCCCN(C)CCCN(C)CCCN2CC2)cc1.